The number of aryl methyl sites for hydroxylation is 2. The van der Waals surface area contributed by atoms with E-state index in [1.54, 1.807) is 4.90 Å². The Morgan fingerprint density at radius 3 is 2.58 bits per heavy atom. The number of benzene rings is 1. The molecule has 0 spiro atoms. The number of carbonyl (C=O) groups excluding carboxylic acids is 2. The van der Waals surface area contributed by atoms with Crippen molar-refractivity contribution in [3.63, 3.8) is 0 Å². The lowest BCUT2D eigenvalue weighted by atomic mass is 9.76. The molecule has 2 heterocycles. The molecule has 4 rings (SSSR count). The van der Waals surface area contributed by atoms with Gasteiger partial charge in [-0.15, -0.1) is 0 Å². The molecule has 0 saturated carbocycles. The predicted molar refractivity (Wildman–Crippen MR) is 125 cm³/mol. The molecule has 3 N–H and O–H groups in total. The molecule has 3 amide bonds. The fourth-order valence-corrected chi connectivity index (χ4v) is 5.82. The summed E-state index contributed by atoms with van der Waals surface area (Å²) in [6.07, 6.45) is 5.21. The molecule has 0 radical (unpaired) electrons. The van der Waals surface area contributed by atoms with E-state index in [-0.39, 0.29) is 24.3 Å². The molecule has 1 aliphatic heterocycles. The number of nitrogens with one attached hydrogen (secondary N) is 1. The van der Waals surface area contributed by atoms with Crippen molar-refractivity contribution in [1.29, 1.82) is 0 Å². The lowest BCUT2D eigenvalue weighted by molar-refractivity contribution is -0.131. The lowest BCUT2D eigenvalue weighted by Gasteiger charge is -2.37. The highest BCUT2D eigenvalue weighted by Crippen LogP contribution is 2.46. The number of likely N-dealkylation sites (tertiary alicyclic amines) is 1. The van der Waals surface area contributed by atoms with Crippen molar-refractivity contribution in [3.8, 4) is 0 Å². The van der Waals surface area contributed by atoms with E-state index in [9.17, 15) is 9.59 Å². The number of halogens is 3. The number of urea groups is 1. The summed E-state index contributed by atoms with van der Waals surface area (Å²) in [5.74, 6) is 0.216. The first-order chi connectivity index (χ1) is 14.8. The van der Waals surface area contributed by atoms with Crippen LogP contribution in [0.5, 0.6) is 0 Å². The fourth-order valence-electron chi connectivity index (χ4n) is 4.79. The van der Waals surface area contributed by atoms with Gasteiger partial charge in [0.25, 0.3) is 0 Å². The average molecular weight is 526 g/mol. The van der Waals surface area contributed by atoms with E-state index >= 15 is 0 Å². The van der Waals surface area contributed by atoms with Crippen LogP contribution in [0.2, 0.25) is 10.0 Å². The van der Waals surface area contributed by atoms with Gasteiger partial charge in [-0.3, -0.25) is 9.78 Å². The summed E-state index contributed by atoms with van der Waals surface area (Å²) in [5.41, 5.74) is 9.63. The molecule has 6 nitrogen and oxygen atoms in total. The van der Waals surface area contributed by atoms with Gasteiger partial charge in [0.15, 0.2) is 0 Å². The summed E-state index contributed by atoms with van der Waals surface area (Å²) in [6, 6.07) is 5.28. The van der Waals surface area contributed by atoms with Gasteiger partial charge in [0.1, 0.15) is 0 Å². The number of aromatic nitrogens is 1. The van der Waals surface area contributed by atoms with Crippen molar-refractivity contribution in [2.75, 3.05) is 19.6 Å². The molecule has 164 valence electrons. The molecule has 1 aromatic heterocycles. The Hall–Kier alpha value is -1.83. The number of rotatable bonds is 3. The molecular formula is C22H23BrCl2N4O2. The summed E-state index contributed by atoms with van der Waals surface area (Å²) in [5, 5.41) is 3.69. The van der Waals surface area contributed by atoms with Crippen molar-refractivity contribution in [2.24, 2.45) is 11.7 Å². The second kappa shape index (κ2) is 9.35. The van der Waals surface area contributed by atoms with E-state index in [1.165, 1.54) is 11.1 Å². The zero-order valence-electron chi connectivity index (χ0n) is 16.8. The number of nitrogens with zero attached hydrogens (tertiary/aromatic N) is 2. The molecule has 1 fully saturated rings. The SMILES string of the molecule is NC(=O)NCC(=O)N1CCC(C2c3ncc(Br)cc3CCc3cc(Cl)cc(Cl)c32)CC1. The number of primary amides is 1. The highest BCUT2D eigenvalue weighted by atomic mass is 79.9. The normalized spacial score (nSPS) is 18.7. The molecule has 1 atom stereocenters. The quantitative estimate of drug-likeness (QED) is 0.626. The maximum Gasteiger partial charge on any atom is 0.312 e. The van der Waals surface area contributed by atoms with Gasteiger partial charge in [-0.1, -0.05) is 23.2 Å². The molecule has 2 aromatic rings. The third kappa shape index (κ3) is 4.83. The highest BCUT2D eigenvalue weighted by Gasteiger charge is 2.36. The zero-order valence-corrected chi connectivity index (χ0v) is 19.9. The van der Waals surface area contributed by atoms with Crippen LogP contribution in [-0.4, -0.2) is 41.5 Å². The van der Waals surface area contributed by atoms with Gasteiger partial charge in [-0.05, 0) is 82.4 Å². The molecule has 9 heteroatoms. The van der Waals surface area contributed by atoms with Crippen LogP contribution in [0, 0.1) is 5.92 Å². The summed E-state index contributed by atoms with van der Waals surface area (Å²) in [4.78, 5) is 29.9. The highest BCUT2D eigenvalue weighted by molar-refractivity contribution is 9.10. The van der Waals surface area contributed by atoms with Crippen molar-refractivity contribution in [3.05, 3.63) is 61.3 Å². The summed E-state index contributed by atoms with van der Waals surface area (Å²) >= 11 is 16.6. The van der Waals surface area contributed by atoms with E-state index in [4.69, 9.17) is 33.9 Å². The standard InChI is InChI=1S/C22H23BrCl2N4O2/c23-15-7-14-2-1-13-8-16(24)9-17(25)19(13)20(21(14)27-10-15)12-3-5-29(6-4-12)18(30)11-28-22(26)31/h7-10,12,20H,1-6,11H2,(H3,26,28,31). The van der Waals surface area contributed by atoms with Gasteiger partial charge in [-0.25, -0.2) is 4.79 Å². The van der Waals surface area contributed by atoms with Crippen LogP contribution in [0.15, 0.2) is 28.9 Å². The van der Waals surface area contributed by atoms with Crippen LogP contribution in [0.1, 0.15) is 41.1 Å². The van der Waals surface area contributed by atoms with E-state index < -0.39 is 6.03 Å². The number of pyridine rings is 1. The van der Waals surface area contributed by atoms with Gasteiger partial charge in [-0.2, -0.15) is 0 Å². The topological polar surface area (TPSA) is 88.3 Å². The number of hydrogen-bond donors (Lipinski definition) is 2. The van der Waals surface area contributed by atoms with E-state index in [0.29, 0.717) is 23.1 Å². The van der Waals surface area contributed by atoms with Crippen LogP contribution in [0.25, 0.3) is 0 Å². The van der Waals surface area contributed by atoms with Crippen molar-refractivity contribution < 1.29 is 9.59 Å². The second-order valence-corrected chi connectivity index (χ2v) is 9.83. The minimum atomic E-state index is -0.694. The predicted octanol–water partition coefficient (Wildman–Crippen LogP) is 4.29. The Kier molecular flexibility index (Phi) is 6.74. The minimum Gasteiger partial charge on any atom is -0.352 e. The number of nitrogens with two attached hydrogens (primary N) is 1. The Bertz CT molecular complexity index is 1020. The van der Waals surface area contributed by atoms with Crippen LogP contribution < -0.4 is 11.1 Å². The Morgan fingerprint density at radius 2 is 1.87 bits per heavy atom. The number of hydrogen-bond acceptors (Lipinski definition) is 3. The summed E-state index contributed by atoms with van der Waals surface area (Å²) in [7, 11) is 0. The smallest absolute Gasteiger partial charge is 0.312 e. The Labute approximate surface area is 199 Å². The molecule has 1 unspecified atom stereocenters. The molecule has 1 aromatic carbocycles. The van der Waals surface area contributed by atoms with Crippen molar-refractivity contribution in [1.82, 2.24) is 15.2 Å². The lowest BCUT2D eigenvalue weighted by Crippen LogP contribution is -2.45. The van der Waals surface area contributed by atoms with Crippen LogP contribution in [0.4, 0.5) is 4.79 Å². The molecule has 1 saturated heterocycles. The largest absolute Gasteiger partial charge is 0.352 e. The van der Waals surface area contributed by atoms with Gasteiger partial charge in [0, 0.05) is 39.7 Å². The summed E-state index contributed by atoms with van der Waals surface area (Å²) in [6.45, 7) is 1.16. The number of piperidine rings is 1. The number of carbonyl (C=O) groups is 2. The van der Waals surface area contributed by atoms with E-state index in [2.05, 4.69) is 27.3 Å². The first-order valence-corrected chi connectivity index (χ1v) is 11.8. The summed E-state index contributed by atoms with van der Waals surface area (Å²) < 4.78 is 0.961. The Morgan fingerprint density at radius 1 is 1.16 bits per heavy atom. The maximum atomic E-state index is 12.4. The monoisotopic (exact) mass is 524 g/mol. The van der Waals surface area contributed by atoms with Gasteiger partial charge in [0.2, 0.25) is 5.91 Å². The zero-order chi connectivity index (χ0) is 22.1. The van der Waals surface area contributed by atoms with Crippen LogP contribution in [0.3, 0.4) is 0 Å². The van der Waals surface area contributed by atoms with Crippen LogP contribution >= 0.6 is 39.1 Å². The molecular weight excluding hydrogens is 503 g/mol. The second-order valence-electron chi connectivity index (χ2n) is 8.07. The van der Waals surface area contributed by atoms with Crippen molar-refractivity contribution >= 4 is 51.1 Å². The molecule has 1 aliphatic carbocycles. The fraction of sp³-hybridized carbons (Fsp3) is 0.409. The first kappa shape index (κ1) is 22.4. The molecule has 0 bridgehead atoms. The van der Waals surface area contributed by atoms with Crippen LogP contribution in [-0.2, 0) is 17.6 Å². The maximum absolute atomic E-state index is 12.4. The first-order valence-electron chi connectivity index (χ1n) is 10.3. The minimum absolute atomic E-state index is 0.0476. The third-order valence-electron chi connectivity index (χ3n) is 6.19. The van der Waals surface area contributed by atoms with Gasteiger partial charge in [0.05, 0.1) is 12.2 Å². The van der Waals surface area contributed by atoms with Crippen molar-refractivity contribution in [2.45, 2.75) is 31.6 Å². The number of fused-ring (bicyclic) bond motifs is 2. The third-order valence-corrected chi connectivity index (χ3v) is 7.16. The van der Waals surface area contributed by atoms with Gasteiger partial charge < -0.3 is 16.0 Å². The average Bonchev–Trinajstić information content (AvgIpc) is 2.89. The Balaban J connectivity index is 1.64. The number of amides is 3. The van der Waals surface area contributed by atoms with E-state index in [0.717, 1.165) is 41.4 Å². The molecule has 31 heavy (non-hydrogen) atoms. The van der Waals surface area contributed by atoms with E-state index in [1.807, 2.05) is 18.3 Å². The molecule has 2 aliphatic rings. The van der Waals surface area contributed by atoms with Gasteiger partial charge >= 0.3 is 6.03 Å².